The lowest BCUT2D eigenvalue weighted by Crippen LogP contribution is -2.43. The number of amides is 1. The highest BCUT2D eigenvalue weighted by molar-refractivity contribution is 5.85. The van der Waals surface area contributed by atoms with Crippen LogP contribution in [0.3, 0.4) is 0 Å². The van der Waals surface area contributed by atoms with E-state index in [-0.39, 0.29) is 42.7 Å². The predicted octanol–water partition coefficient (Wildman–Crippen LogP) is 2.20. The minimum Gasteiger partial charge on any atom is -0.355 e. The highest BCUT2D eigenvalue weighted by Gasteiger charge is 2.25. The quantitative estimate of drug-likeness (QED) is 0.825. The molecule has 2 fully saturated rings. The number of hydrogen-bond donors (Lipinski definition) is 2. The summed E-state index contributed by atoms with van der Waals surface area (Å²) >= 11 is 0. The Morgan fingerprint density at radius 2 is 2.00 bits per heavy atom. The fourth-order valence-corrected chi connectivity index (χ4v) is 3.44. The molecule has 0 bridgehead atoms. The van der Waals surface area contributed by atoms with Gasteiger partial charge >= 0.3 is 0 Å². The van der Waals surface area contributed by atoms with Gasteiger partial charge in [-0.1, -0.05) is 13.3 Å². The summed E-state index contributed by atoms with van der Waals surface area (Å²) in [6.07, 6.45) is 6.71. The van der Waals surface area contributed by atoms with Gasteiger partial charge in [0.1, 0.15) is 0 Å². The van der Waals surface area contributed by atoms with Gasteiger partial charge in [-0.2, -0.15) is 0 Å². The van der Waals surface area contributed by atoms with E-state index in [1.807, 2.05) is 0 Å². The molecule has 0 aromatic heterocycles. The minimum atomic E-state index is 0. The molecular formula is C15H31Cl2N3O. The molecule has 6 heteroatoms. The minimum absolute atomic E-state index is 0. The van der Waals surface area contributed by atoms with E-state index in [2.05, 4.69) is 17.1 Å². The van der Waals surface area contributed by atoms with Gasteiger partial charge in [-0.15, -0.1) is 24.8 Å². The molecule has 4 nitrogen and oxygen atoms in total. The van der Waals surface area contributed by atoms with Gasteiger partial charge in [0.25, 0.3) is 0 Å². The number of carbonyl (C=O) groups is 1. The zero-order chi connectivity index (χ0) is 13.7. The second-order valence-corrected chi connectivity index (χ2v) is 6.46. The second kappa shape index (κ2) is 10.7. The summed E-state index contributed by atoms with van der Waals surface area (Å²) in [6.45, 7) is 6.47. The average Bonchev–Trinajstić information content (AvgIpc) is 2.38. The van der Waals surface area contributed by atoms with Crippen molar-refractivity contribution in [3.05, 3.63) is 0 Å². The van der Waals surface area contributed by atoms with Crippen molar-refractivity contribution in [3.8, 4) is 0 Å². The van der Waals surface area contributed by atoms with Crippen LogP contribution in [-0.2, 0) is 4.79 Å². The Bertz CT molecular complexity index is 305. The molecule has 2 aliphatic rings. The average molecular weight is 340 g/mol. The normalized spacial score (nSPS) is 29.9. The number of carbonyl (C=O) groups excluding carboxylic acids is 1. The van der Waals surface area contributed by atoms with E-state index < -0.39 is 0 Å². The lowest BCUT2D eigenvalue weighted by Gasteiger charge is -2.31. The van der Waals surface area contributed by atoms with Gasteiger partial charge in [-0.25, -0.2) is 0 Å². The predicted molar refractivity (Wildman–Crippen MR) is 92.3 cm³/mol. The molecular weight excluding hydrogens is 309 g/mol. The first-order valence-electron chi connectivity index (χ1n) is 7.91. The fraction of sp³-hybridized carbons (Fsp3) is 0.933. The first-order valence-corrected chi connectivity index (χ1v) is 7.91. The zero-order valence-electron chi connectivity index (χ0n) is 13.1. The Balaban J connectivity index is 0.00000200. The van der Waals surface area contributed by atoms with Crippen LogP contribution < -0.4 is 11.1 Å². The van der Waals surface area contributed by atoms with Gasteiger partial charge in [-0.3, -0.25) is 4.79 Å². The summed E-state index contributed by atoms with van der Waals surface area (Å²) in [5.74, 6) is 1.19. The molecule has 1 amide bonds. The Hall–Kier alpha value is -0.0300. The summed E-state index contributed by atoms with van der Waals surface area (Å²) in [4.78, 5) is 14.5. The largest absolute Gasteiger partial charge is 0.355 e. The van der Waals surface area contributed by atoms with Crippen molar-refractivity contribution in [3.63, 3.8) is 0 Å². The van der Waals surface area contributed by atoms with Gasteiger partial charge in [0.05, 0.1) is 0 Å². The number of nitrogens with zero attached hydrogens (tertiary/aromatic N) is 1. The van der Waals surface area contributed by atoms with Crippen LogP contribution in [0.25, 0.3) is 0 Å². The Labute approximate surface area is 141 Å². The smallest absolute Gasteiger partial charge is 0.223 e. The summed E-state index contributed by atoms with van der Waals surface area (Å²) in [7, 11) is 0. The molecule has 1 aliphatic heterocycles. The summed E-state index contributed by atoms with van der Waals surface area (Å²) < 4.78 is 0. The van der Waals surface area contributed by atoms with E-state index in [0.29, 0.717) is 0 Å². The standard InChI is InChI=1S/C15H29N3O.2ClH/c1-12-4-3-8-18(11-12)9-7-17-15(19)13-5-2-6-14(16)10-13;;/h12-14H,2-11,16H2,1H3,(H,17,19);2*1H. The molecule has 0 aromatic carbocycles. The van der Waals surface area contributed by atoms with E-state index in [0.717, 1.165) is 44.7 Å². The highest BCUT2D eigenvalue weighted by Crippen LogP contribution is 2.23. The molecule has 1 saturated heterocycles. The first kappa shape index (κ1) is 21.0. The van der Waals surface area contributed by atoms with Crippen LogP contribution in [-0.4, -0.2) is 43.0 Å². The van der Waals surface area contributed by atoms with Crippen molar-refractivity contribution < 1.29 is 4.79 Å². The maximum absolute atomic E-state index is 12.1. The summed E-state index contributed by atoms with van der Waals surface area (Å²) in [5.41, 5.74) is 5.94. The molecule has 1 saturated carbocycles. The number of rotatable bonds is 4. The van der Waals surface area contributed by atoms with E-state index in [4.69, 9.17) is 5.73 Å². The third-order valence-electron chi connectivity index (χ3n) is 4.55. The molecule has 0 spiro atoms. The Kier molecular flexibility index (Phi) is 10.6. The van der Waals surface area contributed by atoms with E-state index in [9.17, 15) is 4.79 Å². The van der Waals surface area contributed by atoms with Crippen LogP contribution >= 0.6 is 24.8 Å². The lowest BCUT2D eigenvalue weighted by molar-refractivity contribution is -0.126. The molecule has 0 aromatic rings. The monoisotopic (exact) mass is 339 g/mol. The van der Waals surface area contributed by atoms with Gasteiger partial charge < -0.3 is 16.0 Å². The summed E-state index contributed by atoms with van der Waals surface area (Å²) in [6, 6.07) is 0.229. The molecule has 1 heterocycles. The molecule has 1 aliphatic carbocycles. The number of piperidine rings is 1. The van der Waals surface area contributed by atoms with Crippen molar-refractivity contribution in [2.45, 2.75) is 51.5 Å². The highest BCUT2D eigenvalue weighted by atomic mass is 35.5. The van der Waals surface area contributed by atoms with E-state index in [1.165, 1.54) is 25.9 Å². The molecule has 0 radical (unpaired) electrons. The van der Waals surface area contributed by atoms with Gasteiger partial charge in [-0.05, 0) is 44.6 Å². The molecule has 3 unspecified atom stereocenters. The second-order valence-electron chi connectivity index (χ2n) is 6.46. The molecule has 21 heavy (non-hydrogen) atoms. The topological polar surface area (TPSA) is 58.4 Å². The van der Waals surface area contributed by atoms with Gasteiger partial charge in [0.2, 0.25) is 5.91 Å². The number of nitrogens with one attached hydrogen (secondary N) is 1. The zero-order valence-corrected chi connectivity index (χ0v) is 14.7. The third-order valence-corrected chi connectivity index (χ3v) is 4.55. The maximum Gasteiger partial charge on any atom is 0.223 e. The van der Waals surface area contributed by atoms with Crippen molar-refractivity contribution in [1.29, 1.82) is 0 Å². The van der Waals surface area contributed by atoms with E-state index >= 15 is 0 Å². The van der Waals surface area contributed by atoms with Crippen LogP contribution in [0.4, 0.5) is 0 Å². The number of halogens is 2. The van der Waals surface area contributed by atoms with Crippen LogP contribution in [0.15, 0.2) is 0 Å². The van der Waals surface area contributed by atoms with Crippen LogP contribution in [0.5, 0.6) is 0 Å². The van der Waals surface area contributed by atoms with Crippen LogP contribution in [0.2, 0.25) is 0 Å². The van der Waals surface area contributed by atoms with Crippen LogP contribution in [0, 0.1) is 11.8 Å². The van der Waals surface area contributed by atoms with Gasteiger partial charge in [0, 0.05) is 31.6 Å². The molecule has 126 valence electrons. The van der Waals surface area contributed by atoms with Crippen molar-refractivity contribution in [1.82, 2.24) is 10.2 Å². The summed E-state index contributed by atoms with van der Waals surface area (Å²) in [5, 5.41) is 3.10. The van der Waals surface area contributed by atoms with Crippen molar-refractivity contribution >= 4 is 30.7 Å². The lowest BCUT2D eigenvalue weighted by atomic mass is 9.85. The third kappa shape index (κ3) is 7.18. The van der Waals surface area contributed by atoms with Crippen LogP contribution in [0.1, 0.15) is 45.4 Å². The molecule has 3 N–H and O–H groups in total. The SMILES string of the molecule is CC1CCCN(CCNC(=O)C2CCCC(N)C2)C1.Cl.Cl. The maximum atomic E-state index is 12.1. The van der Waals surface area contributed by atoms with Crippen molar-refractivity contribution in [2.75, 3.05) is 26.2 Å². The molecule has 3 atom stereocenters. The van der Waals surface area contributed by atoms with Crippen molar-refractivity contribution in [2.24, 2.45) is 17.6 Å². The molecule has 2 rings (SSSR count). The number of nitrogens with two attached hydrogens (primary N) is 1. The Morgan fingerprint density at radius 3 is 2.67 bits per heavy atom. The fourth-order valence-electron chi connectivity index (χ4n) is 3.44. The number of likely N-dealkylation sites (tertiary alicyclic amines) is 1. The number of hydrogen-bond acceptors (Lipinski definition) is 3. The van der Waals surface area contributed by atoms with E-state index in [1.54, 1.807) is 0 Å². The Morgan fingerprint density at radius 1 is 1.24 bits per heavy atom. The first-order chi connectivity index (χ1) is 9.15. The van der Waals surface area contributed by atoms with Gasteiger partial charge in [0.15, 0.2) is 0 Å².